The Morgan fingerprint density at radius 3 is 2.40 bits per heavy atom. The van der Waals surface area contributed by atoms with Gasteiger partial charge >= 0.3 is 0 Å². The van der Waals surface area contributed by atoms with Gasteiger partial charge in [0.25, 0.3) is 11.8 Å². The third-order valence-electron chi connectivity index (χ3n) is 3.05. The van der Waals surface area contributed by atoms with Crippen molar-refractivity contribution in [1.82, 2.24) is 16.2 Å². The van der Waals surface area contributed by atoms with Gasteiger partial charge < -0.3 is 4.74 Å². The molecule has 8 heteroatoms. The smallest absolute Gasteiger partial charge is 0.269 e. The molecule has 2 aromatic rings. The van der Waals surface area contributed by atoms with Crippen LogP contribution in [0.15, 0.2) is 48.5 Å². The van der Waals surface area contributed by atoms with Crippen molar-refractivity contribution < 1.29 is 14.3 Å². The molecule has 0 bridgehead atoms. The molecule has 0 radical (unpaired) electrons. The number of halogens is 1. The van der Waals surface area contributed by atoms with Crippen LogP contribution in [0, 0.1) is 0 Å². The zero-order chi connectivity index (χ0) is 18.2. The topological polar surface area (TPSA) is 79.5 Å². The van der Waals surface area contributed by atoms with Gasteiger partial charge in [-0.2, -0.15) is 0 Å². The molecule has 0 fully saturated rings. The summed E-state index contributed by atoms with van der Waals surface area (Å²) < 4.78 is 5.40. The van der Waals surface area contributed by atoms with E-state index in [1.54, 1.807) is 48.5 Å². The lowest BCUT2D eigenvalue weighted by Gasteiger charge is -2.13. The van der Waals surface area contributed by atoms with E-state index in [9.17, 15) is 9.59 Å². The molecule has 0 atom stereocenters. The van der Waals surface area contributed by atoms with Gasteiger partial charge in [-0.1, -0.05) is 23.7 Å². The molecule has 0 aliphatic carbocycles. The van der Waals surface area contributed by atoms with E-state index in [0.29, 0.717) is 28.5 Å². The fourth-order valence-corrected chi connectivity index (χ4v) is 2.19. The third-order valence-corrected chi connectivity index (χ3v) is 3.51. The second-order valence-corrected chi connectivity index (χ2v) is 5.64. The van der Waals surface area contributed by atoms with E-state index in [1.165, 1.54) is 0 Å². The number of nitrogens with one attached hydrogen (secondary N) is 3. The van der Waals surface area contributed by atoms with E-state index >= 15 is 0 Å². The van der Waals surface area contributed by atoms with Crippen LogP contribution in [0.2, 0.25) is 5.02 Å². The number of hydrogen-bond donors (Lipinski definition) is 3. The Morgan fingerprint density at radius 1 is 1.04 bits per heavy atom. The number of ether oxygens (including phenoxy) is 1. The van der Waals surface area contributed by atoms with E-state index in [0.717, 1.165) is 0 Å². The zero-order valence-electron chi connectivity index (χ0n) is 13.3. The molecule has 2 aromatic carbocycles. The van der Waals surface area contributed by atoms with Crippen LogP contribution in [0.5, 0.6) is 5.75 Å². The highest BCUT2D eigenvalue weighted by molar-refractivity contribution is 7.80. The van der Waals surface area contributed by atoms with Crippen LogP contribution in [0.1, 0.15) is 27.6 Å². The first-order valence-corrected chi connectivity index (χ1v) is 8.19. The lowest BCUT2D eigenvalue weighted by Crippen LogP contribution is -2.48. The van der Waals surface area contributed by atoms with E-state index in [2.05, 4.69) is 16.2 Å². The summed E-state index contributed by atoms with van der Waals surface area (Å²) in [5.41, 5.74) is 5.61. The summed E-state index contributed by atoms with van der Waals surface area (Å²) in [5, 5.41) is 2.96. The van der Waals surface area contributed by atoms with Crippen molar-refractivity contribution in [2.24, 2.45) is 0 Å². The summed E-state index contributed by atoms with van der Waals surface area (Å²) in [5.74, 6) is -0.402. The summed E-state index contributed by atoms with van der Waals surface area (Å²) in [6.45, 7) is 2.26. The average Bonchev–Trinajstić information content (AvgIpc) is 2.61. The van der Waals surface area contributed by atoms with Crippen molar-refractivity contribution in [2.75, 3.05) is 6.61 Å². The number of hydrazine groups is 1. The molecule has 130 valence electrons. The highest BCUT2D eigenvalue weighted by atomic mass is 35.5. The number of para-hydroxylation sites is 1. The minimum Gasteiger partial charge on any atom is -0.493 e. The first-order valence-electron chi connectivity index (χ1n) is 7.40. The molecule has 2 amide bonds. The number of rotatable bonds is 4. The number of hydrogen-bond acceptors (Lipinski definition) is 4. The Hall–Kier alpha value is -2.64. The van der Waals surface area contributed by atoms with Gasteiger partial charge in [0.2, 0.25) is 0 Å². The molecule has 25 heavy (non-hydrogen) atoms. The molecule has 0 aliphatic heterocycles. The molecule has 0 saturated carbocycles. The maximum atomic E-state index is 12.3. The Bertz CT molecular complexity index is 781. The summed E-state index contributed by atoms with van der Waals surface area (Å²) in [7, 11) is 0. The summed E-state index contributed by atoms with van der Waals surface area (Å²) >= 11 is 10.8. The minimum absolute atomic E-state index is 0.0429. The molecule has 0 saturated heterocycles. The van der Waals surface area contributed by atoms with Gasteiger partial charge in [0.15, 0.2) is 5.11 Å². The minimum atomic E-state index is -0.442. The van der Waals surface area contributed by atoms with Crippen LogP contribution >= 0.6 is 23.8 Å². The SMILES string of the molecule is CCOc1ccccc1C(=O)NC(=S)NNC(=O)c1ccc(Cl)cc1. The van der Waals surface area contributed by atoms with Crippen LogP contribution < -0.4 is 20.9 Å². The molecule has 3 N–H and O–H groups in total. The fraction of sp³-hybridized carbons (Fsp3) is 0.118. The summed E-state index contributed by atoms with van der Waals surface area (Å²) in [4.78, 5) is 24.2. The molecule has 0 aliphatic rings. The zero-order valence-corrected chi connectivity index (χ0v) is 14.9. The normalized spacial score (nSPS) is 9.84. The summed E-state index contributed by atoms with van der Waals surface area (Å²) in [6, 6.07) is 13.1. The number of amides is 2. The van der Waals surface area contributed by atoms with E-state index in [1.807, 2.05) is 6.92 Å². The number of thiocarbonyl (C=S) groups is 1. The van der Waals surface area contributed by atoms with Crippen LogP contribution in [0.3, 0.4) is 0 Å². The van der Waals surface area contributed by atoms with Crippen LogP contribution in [-0.4, -0.2) is 23.5 Å². The molecule has 0 unspecified atom stereocenters. The maximum absolute atomic E-state index is 12.3. The average molecular weight is 378 g/mol. The Kier molecular flexibility index (Phi) is 6.73. The molecule has 0 aromatic heterocycles. The van der Waals surface area contributed by atoms with Crippen molar-refractivity contribution in [3.05, 3.63) is 64.7 Å². The van der Waals surface area contributed by atoms with Gasteiger partial charge in [0.05, 0.1) is 12.2 Å². The highest BCUT2D eigenvalue weighted by Gasteiger charge is 2.13. The van der Waals surface area contributed by atoms with E-state index in [4.69, 9.17) is 28.6 Å². The van der Waals surface area contributed by atoms with Crippen LogP contribution in [0.25, 0.3) is 0 Å². The van der Waals surface area contributed by atoms with Crippen molar-refractivity contribution in [2.45, 2.75) is 6.92 Å². The van der Waals surface area contributed by atoms with Crippen molar-refractivity contribution in [3.63, 3.8) is 0 Å². The first-order chi connectivity index (χ1) is 12.0. The summed E-state index contributed by atoms with van der Waals surface area (Å²) in [6.07, 6.45) is 0. The fourth-order valence-electron chi connectivity index (χ4n) is 1.92. The quantitative estimate of drug-likeness (QED) is 0.564. The number of carbonyl (C=O) groups excluding carboxylic acids is 2. The molecular formula is C17H16ClN3O3S. The Balaban J connectivity index is 1.90. The second kappa shape index (κ2) is 9.00. The third kappa shape index (κ3) is 5.44. The molecule has 0 heterocycles. The molecular weight excluding hydrogens is 362 g/mol. The molecule has 2 rings (SSSR count). The van der Waals surface area contributed by atoms with Crippen molar-refractivity contribution in [1.29, 1.82) is 0 Å². The van der Waals surface area contributed by atoms with Crippen LogP contribution in [0.4, 0.5) is 0 Å². The largest absolute Gasteiger partial charge is 0.493 e. The highest BCUT2D eigenvalue weighted by Crippen LogP contribution is 2.17. The van der Waals surface area contributed by atoms with Gasteiger partial charge in [0.1, 0.15) is 5.75 Å². The maximum Gasteiger partial charge on any atom is 0.269 e. The van der Waals surface area contributed by atoms with Crippen molar-refractivity contribution >= 4 is 40.7 Å². The molecule has 0 spiro atoms. The van der Waals surface area contributed by atoms with Gasteiger partial charge in [-0.05, 0) is 55.5 Å². The first kappa shape index (κ1) is 18.7. The predicted molar refractivity (Wildman–Crippen MR) is 99.7 cm³/mol. The number of benzene rings is 2. The Labute approximate surface area is 155 Å². The monoisotopic (exact) mass is 377 g/mol. The molecule has 6 nitrogen and oxygen atoms in total. The Morgan fingerprint density at radius 2 is 1.72 bits per heavy atom. The standard InChI is InChI=1S/C17H16ClN3O3S/c1-2-24-14-6-4-3-5-13(14)16(23)19-17(25)21-20-15(22)11-7-9-12(18)10-8-11/h3-10H,2H2,1H3,(H,20,22)(H2,19,21,23,25). The van der Waals surface area contributed by atoms with Gasteiger partial charge in [0, 0.05) is 10.6 Å². The second-order valence-electron chi connectivity index (χ2n) is 4.80. The van der Waals surface area contributed by atoms with Gasteiger partial charge in [-0.15, -0.1) is 0 Å². The lowest BCUT2D eigenvalue weighted by molar-refractivity contribution is 0.0933. The number of carbonyl (C=O) groups is 2. The van der Waals surface area contributed by atoms with Gasteiger partial charge in [-0.3, -0.25) is 25.8 Å². The van der Waals surface area contributed by atoms with E-state index < -0.39 is 11.8 Å². The van der Waals surface area contributed by atoms with E-state index in [-0.39, 0.29) is 5.11 Å². The van der Waals surface area contributed by atoms with Gasteiger partial charge in [-0.25, -0.2) is 0 Å². The van der Waals surface area contributed by atoms with Crippen molar-refractivity contribution in [3.8, 4) is 5.75 Å². The predicted octanol–water partition coefficient (Wildman–Crippen LogP) is 2.69. The lowest BCUT2D eigenvalue weighted by atomic mass is 10.2. The van der Waals surface area contributed by atoms with Crippen LogP contribution in [-0.2, 0) is 0 Å².